The maximum Gasteiger partial charge on any atom is 0.410 e. The number of rotatable bonds is 6. The zero-order valence-corrected chi connectivity index (χ0v) is 22.9. The molecule has 3 atom stereocenters. The van der Waals surface area contributed by atoms with Gasteiger partial charge in [-0.25, -0.2) is 13.2 Å². The molecule has 4 fully saturated rings. The lowest BCUT2D eigenvalue weighted by molar-refractivity contribution is 0.0176. The number of benzene rings is 1. The van der Waals surface area contributed by atoms with Crippen molar-refractivity contribution >= 4 is 27.7 Å². The fraction of sp³-hybridized carbons (Fsp3) is 0.741. The van der Waals surface area contributed by atoms with Crippen molar-refractivity contribution in [1.82, 2.24) is 14.1 Å². The van der Waals surface area contributed by atoms with E-state index in [1.165, 1.54) is 32.1 Å². The van der Waals surface area contributed by atoms with Crippen LogP contribution in [-0.4, -0.2) is 79.0 Å². The quantitative estimate of drug-likeness (QED) is 0.502. The number of sulfonamides is 1. The second kappa shape index (κ2) is 11.2. The summed E-state index contributed by atoms with van der Waals surface area (Å²) < 4.78 is 35.0. The van der Waals surface area contributed by atoms with E-state index in [4.69, 9.17) is 16.3 Å². The second-order valence-electron chi connectivity index (χ2n) is 11.2. The molecule has 200 valence electrons. The monoisotopic (exact) mass is 537 g/mol. The van der Waals surface area contributed by atoms with E-state index >= 15 is 0 Å². The van der Waals surface area contributed by atoms with Gasteiger partial charge in [0.25, 0.3) is 0 Å². The summed E-state index contributed by atoms with van der Waals surface area (Å²) >= 11 is 6.01. The van der Waals surface area contributed by atoms with Gasteiger partial charge in [0, 0.05) is 42.8 Å². The highest BCUT2D eigenvalue weighted by atomic mass is 35.5. The van der Waals surface area contributed by atoms with Gasteiger partial charge in [0.2, 0.25) is 10.0 Å². The number of carbonyl (C=O) groups excluding carboxylic acids is 1. The Labute approximate surface area is 221 Å². The maximum atomic E-state index is 13.8. The van der Waals surface area contributed by atoms with Crippen molar-refractivity contribution in [1.29, 1.82) is 0 Å². The molecular formula is C27H40ClN3O4S. The van der Waals surface area contributed by atoms with Crippen molar-refractivity contribution in [2.24, 2.45) is 5.92 Å². The molecule has 0 radical (unpaired) electrons. The highest BCUT2D eigenvalue weighted by Gasteiger charge is 2.46. The van der Waals surface area contributed by atoms with Gasteiger partial charge in [-0.3, -0.25) is 4.90 Å². The standard InChI is InChI=1S/C27H40ClN3O4S/c1-20-18-29(23-6-3-2-4-7-23)16-17-30(20)27(32)35-19-24-8-5-9-26(21-10-11-21)31(24)36(33,34)25-14-12-22(28)13-15-25/h12-15,20-21,23-24,26H,2-11,16-19H2,1H3/t20-,24+,26-/m1/s1. The molecule has 0 N–H and O–H groups in total. The first-order valence-corrected chi connectivity index (χ1v) is 15.6. The summed E-state index contributed by atoms with van der Waals surface area (Å²) in [7, 11) is -3.72. The van der Waals surface area contributed by atoms with Gasteiger partial charge in [-0.15, -0.1) is 0 Å². The minimum Gasteiger partial charge on any atom is -0.448 e. The molecule has 2 saturated heterocycles. The lowest BCUT2D eigenvalue weighted by Gasteiger charge is -2.44. The van der Waals surface area contributed by atoms with Gasteiger partial charge in [-0.2, -0.15) is 4.31 Å². The zero-order valence-electron chi connectivity index (χ0n) is 21.4. The molecule has 2 aliphatic carbocycles. The van der Waals surface area contributed by atoms with Crippen molar-refractivity contribution in [3.8, 4) is 0 Å². The zero-order chi connectivity index (χ0) is 25.3. The Bertz CT molecular complexity index is 1010. The van der Waals surface area contributed by atoms with E-state index in [0.29, 0.717) is 29.9 Å². The van der Waals surface area contributed by atoms with Gasteiger partial charge < -0.3 is 9.64 Å². The smallest absolute Gasteiger partial charge is 0.410 e. The fourth-order valence-electron chi connectivity index (χ4n) is 6.56. The van der Waals surface area contributed by atoms with Gasteiger partial charge in [0.15, 0.2) is 0 Å². The number of ether oxygens (including phenoxy) is 1. The topological polar surface area (TPSA) is 70.2 Å². The van der Waals surface area contributed by atoms with Gasteiger partial charge in [-0.1, -0.05) is 37.3 Å². The average molecular weight is 538 g/mol. The van der Waals surface area contributed by atoms with Crippen molar-refractivity contribution in [3.05, 3.63) is 29.3 Å². The number of piperazine rings is 1. The number of piperidine rings is 1. The number of hydrogen-bond acceptors (Lipinski definition) is 5. The van der Waals surface area contributed by atoms with E-state index in [1.807, 2.05) is 4.90 Å². The Hall–Kier alpha value is -1.35. The van der Waals surface area contributed by atoms with Gasteiger partial charge in [0.05, 0.1) is 10.9 Å². The third-order valence-electron chi connectivity index (χ3n) is 8.66. The van der Waals surface area contributed by atoms with E-state index < -0.39 is 10.0 Å². The predicted molar refractivity (Wildman–Crippen MR) is 141 cm³/mol. The number of hydrogen-bond donors (Lipinski definition) is 0. The van der Waals surface area contributed by atoms with E-state index in [-0.39, 0.29) is 35.7 Å². The minimum absolute atomic E-state index is 0.0268. The molecule has 7 nitrogen and oxygen atoms in total. The van der Waals surface area contributed by atoms with Crippen molar-refractivity contribution in [2.45, 2.75) is 100 Å². The van der Waals surface area contributed by atoms with Crippen LogP contribution in [0, 0.1) is 5.92 Å². The third-order valence-corrected chi connectivity index (χ3v) is 10.9. The van der Waals surface area contributed by atoms with E-state index in [0.717, 1.165) is 38.8 Å². The lowest BCUT2D eigenvalue weighted by atomic mass is 9.93. The van der Waals surface area contributed by atoms with Crippen LogP contribution < -0.4 is 0 Å². The molecular weight excluding hydrogens is 498 g/mol. The Morgan fingerprint density at radius 1 is 0.972 bits per heavy atom. The number of carbonyl (C=O) groups is 1. The summed E-state index contributed by atoms with van der Waals surface area (Å²) in [5, 5.41) is 0.509. The number of nitrogens with zero attached hydrogens (tertiary/aromatic N) is 3. The Morgan fingerprint density at radius 3 is 2.36 bits per heavy atom. The van der Waals surface area contributed by atoms with Crippen LogP contribution in [-0.2, 0) is 14.8 Å². The summed E-state index contributed by atoms with van der Waals surface area (Å²) in [6, 6.07) is 6.76. The van der Waals surface area contributed by atoms with E-state index in [1.54, 1.807) is 28.6 Å². The van der Waals surface area contributed by atoms with Crippen molar-refractivity contribution < 1.29 is 17.9 Å². The first kappa shape index (κ1) is 26.3. The third kappa shape index (κ3) is 5.71. The molecule has 36 heavy (non-hydrogen) atoms. The lowest BCUT2D eigenvalue weighted by Crippen LogP contribution is -2.57. The minimum atomic E-state index is -3.72. The molecule has 0 bridgehead atoms. The van der Waals surface area contributed by atoms with Crippen molar-refractivity contribution in [3.63, 3.8) is 0 Å². The molecule has 2 saturated carbocycles. The van der Waals surface area contributed by atoms with Gasteiger partial charge in [-0.05, 0) is 75.6 Å². The van der Waals surface area contributed by atoms with Crippen LogP contribution in [0.5, 0.6) is 0 Å². The first-order valence-electron chi connectivity index (χ1n) is 13.8. The molecule has 2 aliphatic heterocycles. The average Bonchev–Trinajstić information content (AvgIpc) is 3.73. The number of amides is 1. The molecule has 5 rings (SSSR count). The Morgan fingerprint density at radius 2 is 1.69 bits per heavy atom. The Kier molecular flexibility index (Phi) is 8.15. The normalized spacial score (nSPS) is 29.3. The molecule has 2 heterocycles. The highest BCUT2D eigenvalue weighted by Crippen LogP contribution is 2.43. The van der Waals surface area contributed by atoms with Gasteiger partial charge in [0.1, 0.15) is 6.61 Å². The highest BCUT2D eigenvalue weighted by molar-refractivity contribution is 7.89. The van der Waals surface area contributed by atoms with E-state index in [9.17, 15) is 13.2 Å². The van der Waals surface area contributed by atoms with Crippen LogP contribution in [0.2, 0.25) is 5.02 Å². The molecule has 1 amide bonds. The van der Waals surface area contributed by atoms with Crippen LogP contribution in [0.3, 0.4) is 0 Å². The Balaban J connectivity index is 1.24. The largest absolute Gasteiger partial charge is 0.448 e. The fourth-order valence-corrected chi connectivity index (χ4v) is 8.60. The molecule has 1 aromatic rings. The van der Waals surface area contributed by atoms with Crippen LogP contribution in [0.4, 0.5) is 4.79 Å². The molecule has 4 aliphatic rings. The van der Waals surface area contributed by atoms with Crippen molar-refractivity contribution in [2.75, 3.05) is 26.2 Å². The maximum absolute atomic E-state index is 13.8. The summed E-state index contributed by atoms with van der Waals surface area (Å²) in [6.45, 7) is 4.62. The molecule has 0 spiro atoms. The van der Waals surface area contributed by atoms with Crippen LogP contribution in [0.1, 0.15) is 71.1 Å². The summed E-state index contributed by atoms with van der Waals surface area (Å²) in [5.41, 5.74) is 0. The summed E-state index contributed by atoms with van der Waals surface area (Å²) in [4.78, 5) is 17.8. The molecule has 0 unspecified atom stereocenters. The van der Waals surface area contributed by atoms with Crippen LogP contribution in [0.15, 0.2) is 29.2 Å². The summed E-state index contributed by atoms with van der Waals surface area (Å²) in [6.07, 6.45) is 10.8. The second-order valence-corrected chi connectivity index (χ2v) is 13.5. The van der Waals surface area contributed by atoms with Gasteiger partial charge >= 0.3 is 6.09 Å². The van der Waals surface area contributed by atoms with E-state index in [2.05, 4.69) is 11.8 Å². The van der Waals surface area contributed by atoms with Crippen LogP contribution >= 0.6 is 11.6 Å². The molecule has 0 aromatic heterocycles. The first-order chi connectivity index (χ1) is 17.3. The SMILES string of the molecule is C[C@@H]1CN(C2CCCCC2)CCN1C(=O)OC[C@@H]1CCC[C@H](C2CC2)N1S(=O)(=O)c1ccc(Cl)cc1. The van der Waals surface area contributed by atoms with Crippen LogP contribution in [0.25, 0.3) is 0 Å². The molecule has 9 heteroatoms. The molecule has 1 aromatic carbocycles. The predicted octanol–water partition coefficient (Wildman–Crippen LogP) is 5.14. The summed E-state index contributed by atoms with van der Waals surface area (Å²) in [5.74, 6) is 0.401. The number of halogens is 1.